The molecular weight excluding hydrogens is 438 g/mol. The molecule has 0 saturated carbocycles. The Labute approximate surface area is 198 Å². The molecule has 1 N–H and O–H groups in total. The first-order valence-electron chi connectivity index (χ1n) is 11.4. The Bertz CT molecular complexity index is 1150. The molecule has 10 nitrogen and oxygen atoms in total. The number of imidazole rings is 1. The van der Waals surface area contributed by atoms with Crippen molar-refractivity contribution in [2.24, 2.45) is 0 Å². The van der Waals surface area contributed by atoms with Gasteiger partial charge >= 0.3 is 12.1 Å². The predicted octanol–water partition coefficient (Wildman–Crippen LogP) is 2.55. The highest BCUT2D eigenvalue weighted by Gasteiger charge is 2.28. The van der Waals surface area contributed by atoms with Crippen molar-refractivity contribution in [3.05, 3.63) is 30.1 Å². The van der Waals surface area contributed by atoms with E-state index in [9.17, 15) is 14.4 Å². The van der Waals surface area contributed by atoms with Crippen molar-refractivity contribution in [1.29, 1.82) is 0 Å². The number of hydrogen-bond acceptors (Lipinski definition) is 6. The van der Waals surface area contributed by atoms with Gasteiger partial charge in [-0.1, -0.05) is 11.8 Å². The van der Waals surface area contributed by atoms with Crippen LogP contribution in [0.1, 0.15) is 45.6 Å². The predicted molar refractivity (Wildman–Crippen MR) is 124 cm³/mol. The second kappa shape index (κ2) is 9.73. The van der Waals surface area contributed by atoms with Crippen molar-refractivity contribution in [3.8, 4) is 11.8 Å². The molecule has 0 spiro atoms. The van der Waals surface area contributed by atoms with E-state index in [1.54, 1.807) is 15.5 Å². The van der Waals surface area contributed by atoms with E-state index in [2.05, 4.69) is 22.1 Å². The van der Waals surface area contributed by atoms with Crippen molar-refractivity contribution in [2.45, 2.75) is 51.7 Å². The Morgan fingerprint density at radius 1 is 1.24 bits per heavy atom. The maximum Gasteiger partial charge on any atom is 0.410 e. The van der Waals surface area contributed by atoms with Gasteiger partial charge in [-0.15, -0.1) is 0 Å². The SMILES string of the molecule is CC(C)(C)OC(=O)N1CCC(OCC#Cc2cccn3c(N4CCC(=O)NC4=O)cnc23)CC1. The van der Waals surface area contributed by atoms with E-state index in [-0.39, 0.29) is 31.1 Å². The zero-order chi connectivity index (χ0) is 24.3. The number of fused-ring (bicyclic) bond motifs is 1. The lowest BCUT2D eigenvalue weighted by molar-refractivity contribution is -0.120. The average Bonchev–Trinajstić information content (AvgIpc) is 3.21. The van der Waals surface area contributed by atoms with Gasteiger partial charge in [-0.25, -0.2) is 14.6 Å². The molecule has 0 unspecified atom stereocenters. The summed E-state index contributed by atoms with van der Waals surface area (Å²) in [6.45, 7) is 7.33. The van der Waals surface area contributed by atoms with Crippen LogP contribution in [0.25, 0.3) is 5.65 Å². The number of amides is 4. The van der Waals surface area contributed by atoms with E-state index in [1.807, 2.05) is 39.1 Å². The van der Waals surface area contributed by atoms with E-state index in [0.29, 0.717) is 36.7 Å². The lowest BCUT2D eigenvalue weighted by Gasteiger charge is -2.33. The fourth-order valence-electron chi connectivity index (χ4n) is 3.90. The van der Waals surface area contributed by atoms with Gasteiger partial charge in [0.2, 0.25) is 5.91 Å². The number of nitrogens with one attached hydrogen (secondary N) is 1. The summed E-state index contributed by atoms with van der Waals surface area (Å²) in [5, 5.41) is 2.32. The van der Waals surface area contributed by atoms with E-state index in [0.717, 1.165) is 12.8 Å². The minimum Gasteiger partial charge on any atom is -0.444 e. The molecule has 4 amide bonds. The number of rotatable bonds is 3. The van der Waals surface area contributed by atoms with Gasteiger partial charge in [0.1, 0.15) is 18.0 Å². The van der Waals surface area contributed by atoms with Crippen LogP contribution in [0.15, 0.2) is 24.5 Å². The summed E-state index contributed by atoms with van der Waals surface area (Å²) in [4.78, 5) is 43.4. The molecule has 2 fully saturated rings. The van der Waals surface area contributed by atoms with Gasteiger partial charge < -0.3 is 14.4 Å². The van der Waals surface area contributed by atoms with Crippen LogP contribution >= 0.6 is 0 Å². The fraction of sp³-hybridized carbons (Fsp3) is 0.500. The Hall–Kier alpha value is -3.58. The molecule has 2 aromatic rings. The van der Waals surface area contributed by atoms with Crippen molar-refractivity contribution < 1.29 is 23.9 Å². The molecule has 2 aliphatic heterocycles. The van der Waals surface area contributed by atoms with Crippen LogP contribution in [0, 0.1) is 11.8 Å². The number of nitrogens with zero attached hydrogens (tertiary/aromatic N) is 4. The number of urea groups is 1. The van der Waals surface area contributed by atoms with Gasteiger partial charge in [0.25, 0.3) is 0 Å². The van der Waals surface area contributed by atoms with Crippen molar-refractivity contribution >= 4 is 29.5 Å². The molecule has 2 aliphatic rings. The lowest BCUT2D eigenvalue weighted by Crippen LogP contribution is -2.50. The Morgan fingerprint density at radius 2 is 2.00 bits per heavy atom. The Morgan fingerprint density at radius 3 is 2.71 bits per heavy atom. The number of imide groups is 1. The second-order valence-corrected chi connectivity index (χ2v) is 9.27. The molecule has 180 valence electrons. The number of carbonyl (C=O) groups excluding carboxylic acids is 3. The number of aromatic nitrogens is 2. The zero-order valence-electron chi connectivity index (χ0n) is 19.7. The molecule has 0 aliphatic carbocycles. The molecule has 4 heterocycles. The van der Waals surface area contributed by atoms with Gasteiger partial charge in [0.15, 0.2) is 5.65 Å². The van der Waals surface area contributed by atoms with Gasteiger partial charge in [0.05, 0.1) is 17.9 Å². The quantitative estimate of drug-likeness (QED) is 0.696. The minimum atomic E-state index is -0.502. The molecule has 0 atom stereocenters. The fourth-order valence-corrected chi connectivity index (χ4v) is 3.90. The molecule has 4 rings (SSSR count). The summed E-state index contributed by atoms with van der Waals surface area (Å²) in [6.07, 6.45) is 4.88. The molecule has 34 heavy (non-hydrogen) atoms. The summed E-state index contributed by atoms with van der Waals surface area (Å²) in [5.74, 6) is 6.44. The average molecular weight is 468 g/mol. The molecule has 2 aromatic heterocycles. The van der Waals surface area contributed by atoms with Crippen LogP contribution in [0.3, 0.4) is 0 Å². The number of anilines is 1. The molecule has 0 bridgehead atoms. The normalized spacial score (nSPS) is 17.4. The number of ether oxygens (including phenoxy) is 2. The highest BCUT2D eigenvalue weighted by Crippen LogP contribution is 2.21. The first-order chi connectivity index (χ1) is 16.2. The maximum absolute atomic E-state index is 12.2. The Balaban J connectivity index is 1.33. The third kappa shape index (κ3) is 5.48. The standard InChI is InChI=1S/C24H29N5O5/c1-24(2,3)34-23(32)27-12-8-18(9-13-27)33-15-5-7-17-6-4-11-28-20(16-25-21(17)28)29-14-10-19(30)26-22(29)31/h4,6,11,16,18H,8-10,12-15H2,1-3H3,(H,26,30,31). The zero-order valence-corrected chi connectivity index (χ0v) is 19.7. The number of hydrogen-bond donors (Lipinski definition) is 1. The molecular formula is C24H29N5O5. The second-order valence-electron chi connectivity index (χ2n) is 9.27. The maximum atomic E-state index is 12.2. The van der Waals surface area contributed by atoms with Crippen LogP contribution in [-0.4, -0.2) is 70.3 Å². The van der Waals surface area contributed by atoms with Crippen LogP contribution in [0.2, 0.25) is 0 Å². The number of pyridine rings is 1. The van der Waals surface area contributed by atoms with Gasteiger partial charge in [0, 0.05) is 32.3 Å². The highest BCUT2D eigenvalue weighted by atomic mass is 16.6. The summed E-state index contributed by atoms with van der Waals surface area (Å²) < 4.78 is 13.1. The number of piperidine rings is 1. The van der Waals surface area contributed by atoms with Crippen LogP contribution < -0.4 is 10.2 Å². The Kier molecular flexibility index (Phi) is 6.75. The summed E-state index contributed by atoms with van der Waals surface area (Å²) >= 11 is 0. The van der Waals surface area contributed by atoms with E-state index in [4.69, 9.17) is 9.47 Å². The van der Waals surface area contributed by atoms with Gasteiger partial charge in [-0.3, -0.25) is 19.4 Å². The van der Waals surface area contributed by atoms with Crippen molar-refractivity contribution in [3.63, 3.8) is 0 Å². The molecule has 0 radical (unpaired) electrons. The summed E-state index contributed by atoms with van der Waals surface area (Å²) in [6, 6.07) is 3.24. The third-order valence-corrected chi connectivity index (χ3v) is 5.55. The van der Waals surface area contributed by atoms with E-state index >= 15 is 0 Å². The van der Waals surface area contributed by atoms with Crippen molar-refractivity contribution in [1.82, 2.24) is 19.6 Å². The molecule has 0 aromatic carbocycles. The number of carbonyl (C=O) groups is 3. The van der Waals surface area contributed by atoms with Crippen molar-refractivity contribution in [2.75, 3.05) is 31.1 Å². The van der Waals surface area contributed by atoms with E-state index < -0.39 is 11.6 Å². The largest absolute Gasteiger partial charge is 0.444 e. The minimum absolute atomic E-state index is 0.0436. The number of likely N-dealkylation sites (tertiary alicyclic amines) is 1. The van der Waals surface area contributed by atoms with Gasteiger partial charge in [-0.05, 0) is 45.7 Å². The van der Waals surface area contributed by atoms with E-state index in [1.165, 1.54) is 4.90 Å². The van der Waals surface area contributed by atoms with Crippen LogP contribution in [0.5, 0.6) is 0 Å². The summed E-state index contributed by atoms with van der Waals surface area (Å²) in [5.41, 5.74) is 0.837. The summed E-state index contributed by atoms with van der Waals surface area (Å²) in [7, 11) is 0. The smallest absolute Gasteiger partial charge is 0.410 e. The molecule has 2 saturated heterocycles. The van der Waals surface area contributed by atoms with Crippen LogP contribution in [-0.2, 0) is 14.3 Å². The highest BCUT2D eigenvalue weighted by molar-refractivity contribution is 6.05. The lowest BCUT2D eigenvalue weighted by atomic mass is 10.1. The monoisotopic (exact) mass is 467 g/mol. The van der Waals surface area contributed by atoms with Crippen LogP contribution in [0.4, 0.5) is 15.4 Å². The van der Waals surface area contributed by atoms with Gasteiger partial charge in [-0.2, -0.15) is 0 Å². The third-order valence-electron chi connectivity index (χ3n) is 5.55. The first kappa shape index (κ1) is 23.6. The first-order valence-corrected chi connectivity index (χ1v) is 11.4. The molecule has 10 heteroatoms. The topological polar surface area (TPSA) is 105 Å².